The zero-order valence-corrected chi connectivity index (χ0v) is 16.3. The van der Waals surface area contributed by atoms with E-state index in [9.17, 15) is 0 Å². The first-order chi connectivity index (χ1) is 13.8. The zero-order chi connectivity index (χ0) is 18.9. The lowest BCUT2D eigenvalue weighted by molar-refractivity contribution is 0.417. The summed E-state index contributed by atoms with van der Waals surface area (Å²) >= 11 is 2.83. The van der Waals surface area contributed by atoms with Crippen LogP contribution in [-0.2, 0) is 0 Å². The number of ether oxygens (including phenoxy) is 1. The summed E-state index contributed by atoms with van der Waals surface area (Å²) in [7, 11) is 1.63. The van der Waals surface area contributed by atoms with E-state index in [2.05, 4.69) is 25.5 Å². The largest absolute Gasteiger partial charge is 0.495 e. The molecule has 0 unspecified atom stereocenters. The first-order valence-electron chi connectivity index (χ1n) is 8.35. The second kappa shape index (κ2) is 7.10. The molecule has 0 radical (unpaired) electrons. The number of fused-ring (bicyclic) bond motifs is 3. The van der Waals surface area contributed by atoms with Crippen molar-refractivity contribution < 1.29 is 9.15 Å². The second-order valence-electron chi connectivity index (χ2n) is 5.76. The summed E-state index contributed by atoms with van der Waals surface area (Å²) in [5.74, 6) is 0.742. The van der Waals surface area contributed by atoms with Gasteiger partial charge >= 0.3 is 0 Å². The first-order valence-corrected chi connectivity index (χ1v) is 9.99. The Bertz CT molecular complexity index is 1280. The Labute approximate surface area is 167 Å². The molecule has 138 valence electrons. The normalized spacial score (nSPS) is 11.2. The van der Waals surface area contributed by atoms with Crippen LogP contribution in [0.1, 0.15) is 0 Å². The van der Waals surface area contributed by atoms with Crippen LogP contribution in [0.2, 0.25) is 0 Å². The Morgan fingerprint density at radius 1 is 1.04 bits per heavy atom. The fourth-order valence-electron chi connectivity index (χ4n) is 2.82. The predicted octanol–water partition coefficient (Wildman–Crippen LogP) is 5.13. The summed E-state index contributed by atoms with van der Waals surface area (Å²) in [4.78, 5) is 8.75. The smallest absolute Gasteiger partial charge is 0.211 e. The Balaban J connectivity index is 1.44. The van der Waals surface area contributed by atoms with Crippen LogP contribution in [0.4, 0.5) is 10.8 Å². The van der Waals surface area contributed by atoms with Crippen molar-refractivity contribution in [2.24, 2.45) is 0 Å². The maximum atomic E-state index is 5.97. The SMILES string of the molecule is COc1ccccc1Nc1nnc(Sc2ncnc3c2oc2ccccc23)s1. The van der Waals surface area contributed by atoms with Crippen LogP contribution in [0.25, 0.3) is 22.1 Å². The van der Waals surface area contributed by atoms with Crippen molar-refractivity contribution in [1.29, 1.82) is 0 Å². The van der Waals surface area contributed by atoms with E-state index in [1.54, 1.807) is 13.4 Å². The topological polar surface area (TPSA) is 86.0 Å². The second-order valence-corrected chi connectivity index (χ2v) is 7.97. The van der Waals surface area contributed by atoms with E-state index in [-0.39, 0.29) is 0 Å². The number of para-hydroxylation sites is 3. The lowest BCUT2D eigenvalue weighted by Gasteiger charge is -2.07. The molecule has 1 N–H and O–H groups in total. The molecule has 0 spiro atoms. The van der Waals surface area contributed by atoms with Gasteiger partial charge in [-0.25, -0.2) is 9.97 Å². The minimum absolute atomic E-state index is 0.656. The highest BCUT2D eigenvalue weighted by Gasteiger charge is 2.16. The molecular weight excluding hydrogens is 394 g/mol. The molecular formula is C19H13N5O2S2. The van der Waals surface area contributed by atoms with Gasteiger partial charge in [-0.3, -0.25) is 0 Å². The van der Waals surface area contributed by atoms with Crippen molar-refractivity contribution in [2.45, 2.75) is 9.37 Å². The number of aromatic nitrogens is 4. The van der Waals surface area contributed by atoms with Crippen LogP contribution in [-0.4, -0.2) is 27.3 Å². The van der Waals surface area contributed by atoms with Crippen LogP contribution in [0.5, 0.6) is 5.75 Å². The standard InChI is InChI=1S/C19H13N5O2S2/c1-25-14-9-5-3-7-12(14)22-18-23-24-19(28-18)27-17-16-15(20-10-21-17)11-6-2-4-8-13(11)26-16/h2-10H,1H3,(H,22,23). The van der Waals surface area contributed by atoms with Crippen molar-refractivity contribution in [3.8, 4) is 5.75 Å². The van der Waals surface area contributed by atoms with Crippen LogP contribution < -0.4 is 10.1 Å². The summed E-state index contributed by atoms with van der Waals surface area (Å²) in [5.41, 5.74) is 3.07. The van der Waals surface area contributed by atoms with E-state index in [1.165, 1.54) is 23.1 Å². The molecule has 5 rings (SSSR count). The molecule has 3 aromatic heterocycles. The lowest BCUT2D eigenvalue weighted by Crippen LogP contribution is -1.93. The predicted molar refractivity (Wildman–Crippen MR) is 110 cm³/mol. The monoisotopic (exact) mass is 407 g/mol. The van der Waals surface area contributed by atoms with Gasteiger partial charge in [-0.15, -0.1) is 10.2 Å². The molecule has 0 aliphatic heterocycles. The molecule has 5 aromatic rings. The Morgan fingerprint density at radius 2 is 1.89 bits per heavy atom. The van der Waals surface area contributed by atoms with Crippen LogP contribution in [0.15, 0.2) is 68.6 Å². The molecule has 0 saturated carbocycles. The van der Waals surface area contributed by atoms with E-state index in [0.29, 0.717) is 15.7 Å². The number of benzene rings is 2. The summed E-state index contributed by atoms with van der Waals surface area (Å²) in [6.45, 7) is 0. The van der Waals surface area contributed by atoms with Crippen molar-refractivity contribution in [2.75, 3.05) is 12.4 Å². The van der Waals surface area contributed by atoms with Gasteiger partial charge in [0.1, 0.15) is 28.2 Å². The number of hydrogen-bond donors (Lipinski definition) is 1. The molecule has 0 saturated heterocycles. The van der Waals surface area contributed by atoms with Gasteiger partial charge in [0.05, 0.1) is 12.8 Å². The maximum Gasteiger partial charge on any atom is 0.211 e. The average molecular weight is 407 g/mol. The molecule has 0 atom stereocenters. The zero-order valence-electron chi connectivity index (χ0n) is 14.6. The summed E-state index contributed by atoms with van der Waals surface area (Å²) in [5, 5.41) is 14.0. The number of anilines is 2. The fraction of sp³-hybridized carbons (Fsp3) is 0.0526. The van der Waals surface area contributed by atoms with Gasteiger partial charge in [-0.1, -0.05) is 35.6 Å². The van der Waals surface area contributed by atoms with Gasteiger partial charge in [-0.2, -0.15) is 0 Å². The van der Waals surface area contributed by atoms with Crippen molar-refractivity contribution in [1.82, 2.24) is 20.2 Å². The van der Waals surface area contributed by atoms with Gasteiger partial charge in [-0.05, 0) is 36.0 Å². The van der Waals surface area contributed by atoms with Crippen molar-refractivity contribution in [3.05, 3.63) is 54.9 Å². The van der Waals surface area contributed by atoms with E-state index in [1.807, 2.05) is 48.5 Å². The van der Waals surface area contributed by atoms with Crippen LogP contribution in [0, 0.1) is 0 Å². The Morgan fingerprint density at radius 3 is 2.82 bits per heavy atom. The molecule has 3 heterocycles. The van der Waals surface area contributed by atoms with Crippen molar-refractivity contribution >= 4 is 56.0 Å². The molecule has 0 fully saturated rings. The quantitative estimate of drug-likeness (QED) is 0.401. The number of rotatable bonds is 5. The number of nitrogens with zero attached hydrogens (tertiary/aromatic N) is 4. The highest BCUT2D eigenvalue weighted by Crippen LogP contribution is 2.38. The fourth-order valence-corrected chi connectivity index (χ4v) is 4.53. The summed E-state index contributed by atoms with van der Waals surface area (Å²) in [6.07, 6.45) is 1.54. The van der Waals surface area contributed by atoms with E-state index in [0.717, 1.165) is 32.3 Å². The van der Waals surface area contributed by atoms with Gasteiger partial charge in [0, 0.05) is 5.39 Å². The minimum Gasteiger partial charge on any atom is -0.495 e. The van der Waals surface area contributed by atoms with E-state index in [4.69, 9.17) is 9.15 Å². The summed E-state index contributed by atoms with van der Waals surface area (Å²) in [6, 6.07) is 15.5. The summed E-state index contributed by atoms with van der Waals surface area (Å²) < 4.78 is 12.1. The number of hydrogen-bond acceptors (Lipinski definition) is 9. The van der Waals surface area contributed by atoms with Crippen LogP contribution >= 0.6 is 23.1 Å². The van der Waals surface area contributed by atoms with E-state index < -0.39 is 0 Å². The number of methoxy groups -OCH3 is 1. The Kier molecular flexibility index (Phi) is 4.30. The third-order valence-electron chi connectivity index (χ3n) is 4.06. The molecule has 7 nitrogen and oxygen atoms in total. The first kappa shape index (κ1) is 17.0. The van der Waals surface area contributed by atoms with Gasteiger partial charge in [0.2, 0.25) is 5.13 Å². The highest BCUT2D eigenvalue weighted by molar-refractivity contribution is 8.01. The molecule has 0 amide bonds. The third kappa shape index (κ3) is 3.04. The van der Waals surface area contributed by atoms with E-state index >= 15 is 0 Å². The molecule has 9 heteroatoms. The number of nitrogens with one attached hydrogen (secondary N) is 1. The van der Waals surface area contributed by atoms with Gasteiger partial charge < -0.3 is 14.5 Å². The Hall–Kier alpha value is -3.17. The van der Waals surface area contributed by atoms with Gasteiger partial charge in [0.25, 0.3) is 0 Å². The molecule has 0 aliphatic carbocycles. The van der Waals surface area contributed by atoms with Crippen LogP contribution in [0.3, 0.4) is 0 Å². The van der Waals surface area contributed by atoms with Crippen molar-refractivity contribution in [3.63, 3.8) is 0 Å². The molecule has 0 aliphatic rings. The van der Waals surface area contributed by atoms with Gasteiger partial charge in [0.15, 0.2) is 9.92 Å². The highest BCUT2D eigenvalue weighted by atomic mass is 32.2. The number of furan rings is 1. The molecule has 2 aromatic carbocycles. The lowest BCUT2D eigenvalue weighted by atomic mass is 10.2. The minimum atomic E-state index is 0.656. The molecule has 28 heavy (non-hydrogen) atoms. The average Bonchev–Trinajstić information content (AvgIpc) is 3.33. The maximum absolute atomic E-state index is 5.97. The molecule has 0 bridgehead atoms. The third-order valence-corrected chi connectivity index (χ3v) is 5.94.